The first-order chi connectivity index (χ1) is 21.8. The Morgan fingerprint density at radius 1 is 0.733 bits per heavy atom. The van der Waals surface area contributed by atoms with Crippen LogP contribution in [-0.4, -0.2) is 36.9 Å². The fraction of sp³-hybridized carbons (Fsp3) is 0.289. The largest absolute Gasteiger partial charge is 0.493 e. The van der Waals surface area contributed by atoms with Gasteiger partial charge in [0.25, 0.3) is 0 Å². The molecule has 0 saturated heterocycles. The summed E-state index contributed by atoms with van der Waals surface area (Å²) >= 11 is 1.16. The molecule has 6 nitrogen and oxygen atoms in total. The van der Waals surface area contributed by atoms with Crippen LogP contribution in [0.15, 0.2) is 109 Å². The molecule has 0 bridgehead atoms. The Hall–Kier alpha value is -4.36. The summed E-state index contributed by atoms with van der Waals surface area (Å²) in [5.41, 5.74) is 4.96. The molecule has 0 saturated carbocycles. The molecule has 3 aromatic carbocycles. The lowest BCUT2D eigenvalue weighted by Gasteiger charge is -2.07. The van der Waals surface area contributed by atoms with Crippen LogP contribution in [0.5, 0.6) is 5.75 Å². The van der Waals surface area contributed by atoms with Crippen LogP contribution in [0.4, 0.5) is 0 Å². The minimum atomic E-state index is -0.396. The highest BCUT2D eigenvalue weighted by Crippen LogP contribution is 2.24. The van der Waals surface area contributed by atoms with E-state index in [0.29, 0.717) is 31.0 Å². The van der Waals surface area contributed by atoms with Crippen LogP contribution in [0, 0.1) is 0 Å². The van der Waals surface area contributed by atoms with E-state index in [2.05, 4.69) is 49.6 Å². The summed E-state index contributed by atoms with van der Waals surface area (Å²) in [6, 6.07) is 24.2. The molecule has 0 fully saturated rings. The summed E-state index contributed by atoms with van der Waals surface area (Å²) in [5, 5.41) is -0.0586. The highest BCUT2D eigenvalue weighted by atomic mass is 32.2. The number of unbranched alkanes of at least 4 members (excludes halogenated alkanes) is 4. The van der Waals surface area contributed by atoms with Gasteiger partial charge in [-0.25, -0.2) is 9.59 Å². The van der Waals surface area contributed by atoms with E-state index in [1.807, 2.05) is 42.5 Å². The van der Waals surface area contributed by atoms with E-state index in [9.17, 15) is 14.4 Å². The molecule has 0 aromatic heterocycles. The van der Waals surface area contributed by atoms with Crippen molar-refractivity contribution >= 4 is 34.9 Å². The molecule has 0 heterocycles. The van der Waals surface area contributed by atoms with Gasteiger partial charge in [-0.05, 0) is 90.5 Å². The monoisotopic (exact) mass is 626 g/mol. The number of rotatable bonds is 19. The van der Waals surface area contributed by atoms with Crippen molar-refractivity contribution in [1.82, 2.24) is 0 Å². The third-order valence-electron chi connectivity index (χ3n) is 6.81. The molecule has 236 valence electrons. The van der Waals surface area contributed by atoms with Crippen molar-refractivity contribution in [3.05, 3.63) is 115 Å². The Balaban J connectivity index is 1.34. The van der Waals surface area contributed by atoms with Gasteiger partial charge in [-0.1, -0.05) is 87.0 Å². The highest BCUT2D eigenvalue weighted by Gasteiger charge is 2.05. The van der Waals surface area contributed by atoms with Gasteiger partial charge in [0.15, 0.2) is 0 Å². The Bertz CT molecular complexity index is 1420. The number of carbonyl (C=O) groups is 3. The summed E-state index contributed by atoms with van der Waals surface area (Å²) in [7, 11) is 0. The van der Waals surface area contributed by atoms with Crippen LogP contribution in [0.25, 0.3) is 17.2 Å². The summed E-state index contributed by atoms with van der Waals surface area (Å²) in [4.78, 5) is 35.7. The van der Waals surface area contributed by atoms with Crippen molar-refractivity contribution in [2.45, 2.75) is 56.8 Å². The Morgan fingerprint density at radius 2 is 1.36 bits per heavy atom. The SMILES string of the molecule is C=CC(=O)OCCCCCCCc1ccc(-c2ccc(/C=C/C(=O)Sc3ccc(OCCCOC(=O)C(=C)C)cc3)cc2)cc1. The van der Waals surface area contributed by atoms with Crippen molar-refractivity contribution in [3.8, 4) is 16.9 Å². The van der Waals surface area contributed by atoms with E-state index >= 15 is 0 Å². The standard InChI is InChI=1S/C38H42O6S/c1-4-36(39)43-26-9-7-5-6-8-11-30-12-17-32(18-13-30)33-19-14-31(15-20-33)16-25-37(40)45-35-23-21-34(22-24-35)42-27-10-28-44-38(41)29(2)3/h4,12-25H,1-2,5-11,26-28H2,3H3/b25-16+. The van der Waals surface area contributed by atoms with E-state index in [1.165, 1.54) is 11.6 Å². The molecule has 3 aromatic rings. The van der Waals surface area contributed by atoms with Gasteiger partial charge in [0, 0.05) is 23.0 Å². The summed E-state index contributed by atoms with van der Waals surface area (Å²) < 4.78 is 15.7. The summed E-state index contributed by atoms with van der Waals surface area (Å²) in [5.74, 6) is -0.0556. The van der Waals surface area contributed by atoms with Crippen molar-refractivity contribution in [3.63, 3.8) is 0 Å². The maximum atomic E-state index is 12.5. The number of ether oxygens (including phenoxy) is 3. The number of thioether (sulfide) groups is 1. The molecular formula is C38H42O6S. The zero-order chi connectivity index (χ0) is 32.3. The predicted octanol–water partition coefficient (Wildman–Crippen LogP) is 8.80. The molecule has 0 aliphatic heterocycles. The smallest absolute Gasteiger partial charge is 0.333 e. The number of hydrogen-bond donors (Lipinski definition) is 0. The van der Waals surface area contributed by atoms with Gasteiger partial charge < -0.3 is 14.2 Å². The van der Waals surface area contributed by atoms with Crippen LogP contribution in [-0.2, 0) is 30.3 Å². The first-order valence-electron chi connectivity index (χ1n) is 15.3. The number of esters is 2. The van der Waals surface area contributed by atoms with Crippen molar-refractivity contribution in [2.24, 2.45) is 0 Å². The quantitative estimate of drug-likeness (QED) is 0.0569. The van der Waals surface area contributed by atoms with Gasteiger partial charge in [0.1, 0.15) is 5.75 Å². The molecular weight excluding hydrogens is 584 g/mol. The van der Waals surface area contributed by atoms with Crippen LogP contribution >= 0.6 is 11.8 Å². The lowest BCUT2D eigenvalue weighted by Crippen LogP contribution is -2.09. The molecule has 0 N–H and O–H groups in total. The van der Waals surface area contributed by atoms with Crippen molar-refractivity contribution in [1.29, 1.82) is 0 Å². The zero-order valence-corrected chi connectivity index (χ0v) is 26.8. The molecule has 0 amide bonds. The number of carbonyl (C=O) groups excluding carboxylic acids is 3. The molecule has 0 spiro atoms. The third-order valence-corrected chi connectivity index (χ3v) is 7.66. The lowest BCUT2D eigenvalue weighted by molar-refractivity contribution is -0.139. The minimum Gasteiger partial charge on any atom is -0.493 e. The highest BCUT2D eigenvalue weighted by molar-refractivity contribution is 8.14. The van der Waals surface area contributed by atoms with E-state index in [0.717, 1.165) is 71.9 Å². The van der Waals surface area contributed by atoms with E-state index in [-0.39, 0.29) is 17.7 Å². The van der Waals surface area contributed by atoms with Gasteiger partial charge in [-0.3, -0.25) is 4.79 Å². The molecule has 7 heteroatoms. The summed E-state index contributed by atoms with van der Waals surface area (Å²) in [6.07, 6.45) is 11.6. The first kappa shape index (κ1) is 35.1. The van der Waals surface area contributed by atoms with Gasteiger partial charge >= 0.3 is 11.9 Å². The fourth-order valence-electron chi connectivity index (χ4n) is 4.30. The molecule has 45 heavy (non-hydrogen) atoms. The maximum absolute atomic E-state index is 12.5. The van der Waals surface area contributed by atoms with Gasteiger partial charge in [0.05, 0.1) is 19.8 Å². The Labute approximate surface area is 271 Å². The fourth-order valence-corrected chi connectivity index (χ4v) is 4.94. The molecule has 0 unspecified atom stereocenters. The average Bonchev–Trinajstić information content (AvgIpc) is 3.05. The maximum Gasteiger partial charge on any atom is 0.333 e. The summed E-state index contributed by atoms with van der Waals surface area (Å²) in [6.45, 7) is 9.72. The number of benzene rings is 3. The second-order valence-electron chi connectivity index (χ2n) is 10.6. The van der Waals surface area contributed by atoms with Crippen LogP contribution in [0.2, 0.25) is 0 Å². The second-order valence-corrected chi connectivity index (χ2v) is 11.6. The van der Waals surface area contributed by atoms with Gasteiger partial charge in [0.2, 0.25) is 5.12 Å². The van der Waals surface area contributed by atoms with Crippen LogP contribution < -0.4 is 4.74 Å². The van der Waals surface area contributed by atoms with E-state index in [4.69, 9.17) is 14.2 Å². The first-order valence-corrected chi connectivity index (χ1v) is 16.1. The second kappa shape index (κ2) is 19.8. The molecule has 0 radical (unpaired) electrons. The van der Waals surface area contributed by atoms with Gasteiger partial charge in [-0.15, -0.1) is 0 Å². The average molecular weight is 627 g/mol. The minimum absolute atomic E-state index is 0.0586. The topological polar surface area (TPSA) is 78.9 Å². The van der Waals surface area contributed by atoms with Crippen molar-refractivity contribution in [2.75, 3.05) is 19.8 Å². The van der Waals surface area contributed by atoms with Crippen LogP contribution in [0.3, 0.4) is 0 Å². The molecule has 0 aliphatic carbocycles. The van der Waals surface area contributed by atoms with Gasteiger partial charge in [-0.2, -0.15) is 0 Å². The lowest BCUT2D eigenvalue weighted by atomic mass is 10.00. The molecule has 0 aliphatic rings. The molecule has 0 atom stereocenters. The van der Waals surface area contributed by atoms with Crippen LogP contribution in [0.1, 0.15) is 56.6 Å². The predicted molar refractivity (Wildman–Crippen MR) is 182 cm³/mol. The number of aryl methyl sites for hydroxylation is 1. The number of hydrogen-bond acceptors (Lipinski definition) is 7. The Morgan fingerprint density at radius 3 is 2.02 bits per heavy atom. The van der Waals surface area contributed by atoms with E-state index < -0.39 is 5.97 Å². The third kappa shape index (κ3) is 13.9. The molecule has 3 rings (SSSR count). The Kier molecular flexibility index (Phi) is 15.5. The van der Waals surface area contributed by atoms with Crippen molar-refractivity contribution < 1.29 is 28.6 Å². The normalized spacial score (nSPS) is 10.8. The van der Waals surface area contributed by atoms with E-state index in [1.54, 1.807) is 13.0 Å². The zero-order valence-electron chi connectivity index (χ0n) is 26.0.